The van der Waals surface area contributed by atoms with Crippen LogP contribution in [0.2, 0.25) is 0 Å². The van der Waals surface area contributed by atoms with Crippen molar-refractivity contribution in [2.24, 2.45) is 7.05 Å². The minimum atomic E-state index is 0.203. The van der Waals surface area contributed by atoms with Gasteiger partial charge < -0.3 is 15.0 Å². The van der Waals surface area contributed by atoms with Crippen molar-refractivity contribution < 1.29 is 4.74 Å². The lowest BCUT2D eigenvalue weighted by atomic mass is 10.1. The highest BCUT2D eigenvalue weighted by Crippen LogP contribution is 2.22. The first-order chi connectivity index (χ1) is 12.1. The minimum Gasteiger partial charge on any atom is -0.374 e. The van der Waals surface area contributed by atoms with Crippen LogP contribution in [0.1, 0.15) is 18.1 Å². The Morgan fingerprint density at radius 1 is 1.36 bits per heavy atom. The van der Waals surface area contributed by atoms with E-state index in [1.54, 1.807) is 0 Å². The predicted octanol–water partition coefficient (Wildman–Crippen LogP) is 1.77. The zero-order chi connectivity index (χ0) is 17.8. The first kappa shape index (κ1) is 17.6. The zero-order valence-electron chi connectivity index (χ0n) is 15.1. The average molecular weight is 339 g/mol. The van der Waals surface area contributed by atoms with Gasteiger partial charge in [0.05, 0.1) is 30.0 Å². The van der Waals surface area contributed by atoms with Crippen molar-refractivity contribution in [1.82, 2.24) is 20.0 Å². The molecule has 1 aliphatic rings. The van der Waals surface area contributed by atoms with Gasteiger partial charge in [0, 0.05) is 50.0 Å². The van der Waals surface area contributed by atoms with Crippen LogP contribution in [-0.4, -0.2) is 53.6 Å². The van der Waals surface area contributed by atoms with E-state index < -0.39 is 0 Å². The van der Waals surface area contributed by atoms with Gasteiger partial charge in [0.25, 0.3) is 0 Å². The Morgan fingerprint density at radius 2 is 2.12 bits per heavy atom. The highest BCUT2D eigenvalue weighted by Gasteiger charge is 2.23. The number of hydrogen-bond donors (Lipinski definition) is 1. The van der Waals surface area contributed by atoms with Crippen LogP contribution in [0.4, 0.5) is 0 Å². The molecule has 0 aliphatic carbocycles. The van der Waals surface area contributed by atoms with Crippen molar-refractivity contribution in [1.29, 1.82) is 5.26 Å². The number of aryl methyl sites for hydroxylation is 1. The normalized spacial score (nSPS) is 19.5. The largest absolute Gasteiger partial charge is 0.374 e. The molecule has 1 fully saturated rings. The van der Waals surface area contributed by atoms with E-state index in [9.17, 15) is 0 Å². The number of benzene rings is 1. The molecule has 1 N–H and O–H groups in total. The molecule has 1 aliphatic heterocycles. The summed E-state index contributed by atoms with van der Waals surface area (Å²) in [5.74, 6) is 0. The molecule has 1 aromatic carbocycles. The number of rotatable bonds is 5. The lowest BCUT2D eigenvalue weighted by Crippen LogP contribution is -2.49. The Morgan fingerprint density at radius 3 is 2.80 bits per heavy atom. The quantitative estimate of drug-likeness (QED) is 0.899. The number of nitriles is 1. The molecule has 1 aromatic heterocycles. The third kappa shape index (κ3) is 4.26. The molecule has 0 bridgehead atoms. The molecular weight excluding hydrogens is 314 g/mol. The number of hydrogen-bond acceptors (Lipinski definition) is 5. The minimum absolute atomic E-state index is 0.203. The SMILES string of the molecule is C[C@H](NCc1cn(C)nc1-c1ccc(C#N)cc1)[C@H]1CN(C)CCO1. The number of morpholine rings is 1. The summed E-state index contributed by atoms with van der Waals surface area (Å²) in [5, 5.41) is 17.1. The number of likely N-dealkylation sites (N-methyl/N-ethyl adjacent to an activating group) is 1. The van der Waals surface area contributed by atoms with Crippen LogP contribution in [0, 0.1) is 11.3 Å². The summed E-state index contributed by atoms with van der Waals surface area (Å²) < 4.78 is 7.72. The Labute approximate surface area is 149 Å². The van der Waals surface area contributed by atoms with E-state index in [1.165, 1.54) is 0 Å². The number of nitrogens with one attached hydrogen (secondary N) is 1. The molecule has 1 saturated heterocycles. The topological polar surface area (TPSA) is 66.1 Å². The van der Waals surface area contributed by atoms with E-state index in [0.717, 1.165) is 43.1 Å². The Bertz CT molecular complexity index is 746. The highest BCUT2D eigenvalue weighted by molar-refractivity contribution is 5.63. The van der Waals surface area contributed by atoms with E-state index in [-0.39, 0.29) is 12.1 Å². The smallest absolute Gasteiger partial charge is 0.0991 e. The second-order valence-corrected chi connectivity index (χ2v) is 6.71. The van der Waals surface area contributed by atoms with Crippen molar-refractivity contribution in [2.75, 3.05) is 26.7 Å². The molecule has 0 unspecified atom stereocenters. The molecule has 2 aromatic rings. The monoisotopic (exact) mass is 339 g/mol. The van der Waals surface area contributed by atoms with Gasteiger partial charge in [-0.25, -0.2) is 0 Å². The molecule has 3 rings (SSSR count). The van der Waals surface area contributed by atoms with E-state index >= 15 is 0 Å². The number of aromatic nitrogens is 2. The van der Waals surface area contributed by atoms with Gasteiger partial charge in [-0.05, 0) is 26.1 Å². The average Bonchev–Trinajstić information content (AvgIpc) is 3.00. The molecule has 132 valence electrons. The van der Waals surface area contributed by atoms with Gasteiger partial charge in [-0.2, -0.15) is 10.4 Å². The lowest BCUT2D eigenvalue weighted by Gasteiger charge is -2.34. The van der Waals surface area contributed by atoms with Gasteiger partial charge in [0.15, 0.2) is 0 Å². The van der Waals surface area contributed by atoms with E-state index in [4.69, 9.17) is 10.00 Å². The summed E-state index contributed by atoms with van der Waals surface area (Å²) in [6, 6.07) is 9.97. The van der Waals surface area contributed by atoms with Crippen LogP contribution < -0.4 is 5.32 Å². The Hall–Kier alpha value is -2.20. The summed E-state index contributed by atoms with van der Waals surface area (Å²) in [7, 11) is 4.06. The van der Waals surface area contributed by atoms with Gasteiger partial charge in [0.2, 0.25) is 0 Å². The summed E-state index contributed by atoms with van der Waals surface area (Å²) in [6.07, 6.45) is 2.25. The molecule has 6 nitrogen and oxygen atoms in total. The second kappa shape index (κ2) is 7.79. The van der Waals surface area contributed by atoms with E-state index in [2.05, 4.69) is 35.4 Å². The first-order valence-electron chi connectivity index (χ1n) is 8.63. The van der Waals surface area contributed by atoms with Crippen LogP contribution in [0.5, 0.6) is 0 Å². The summed E-state index contributed by atoms with van der Waals surface area (Å²) in [5.41, 5.74) is 3.78. The Balaban J connectivity index is 1.69. The number of nitrogens with zero attached hydrogens (tertiary/aromatic N) is 4. The Kier molecular flexibility index (Phi) is 5.49. The molecule has 2 heterocycles. The standard InChI is InChI=1S/C19H25N5O/c1-14(18-13-23(2)8-9-25-18)21-11-17-12-24(3)22-19(17)16-6-4-15(10-20)5-7-16/h4-7,12,14,18,21H,8-9,11,13H2,1-3H3/t14-,18+/m0/s1. The maximum Gasteiger partial charge on any atom is 0.0991 e. The molecule has 0 spiro atoms. The lowest BCUT2D eigenvalue weighted by molar-refractivity contribution is -0.0356. The van der Waals surface area contributed by atoms with E-state index in [0.29, 0.717) is 5.56 Å². The van der Waals surface area contributed by atoms with Crippen LogP contribution >= 0.6 is 0 Å². The fourth-order valence-electron chi connectivity index (χ4n) is 3.13. The molecule has 0 radical (unpaired) electrons. The van der Waals surface area contributed by atoms with Crippen molar-refractivity contribution >= 4 is 0 Å². The van der Waals surface area contributed by atoms with Gasteiger partial charge in [-0.3, -0.25) is 4.68 Å². The van der Waals surface area contributed by atoms with Gasteiger partial charge >= 0.3 is 0 Å². The maximum atomic E-state index is 8.95. The van der Waals surface area contributed by atoms with Crippen molar-refractivity contribution in [3.8, 4) is 17.3 Å². The number of ether oxygens (including phenoxy) is 1. The van der Waals surface area contributed by atoms with Crippen LogP contribution in [-0.2, 0) is 18.3 Å². The fraction of sp³-hybridized carbons (Fsp3) is 0.474. The molecule has 0 amide bonds. The van der Waals surface area contributed by atoms with Crippen molar-refractivity contribution in [3.05, 3.63) is 41.6 Å². The molecule has 0 saturated carbocycles. The van der Waals surface area contributed by atoms with Crippen molar-refractivity contribution in [3.63, 3.8) is 0 Å². The van der Waals surface area contributed by atoms with Gasteiger partial charge in [-0.1, -0.05) is 12.1 Å². The van der Waals surface area contributed by atoms with Gasteiger partial charge in [0.1, 0.15) is 0 Å². The first-order valence-corrected chi connectivity index (χ1v) is 8.63. The summed E-state index contributed by atoms with van der Waals surface area (Å²) >= 11 is 0. The second-order valence-electron chi connectivity index (χ2n) is 6.71. The van der Waals surface area contributed by atoms with Crippen LogP contribution in [0.15, 0.2) is 30.5 Å². The zero-order valence-corrected chi connectivity index (χ0v) is 15.1. The third-order valence-electron chi connectivity index (χ3n) is 4.66. The predicted molar refractivity (Wildman–Crippen MR) is 96.9 cm³/mol. The maximum absolute atomic E-state index is 8.95. The van der Waals surface area contributed by atoms with Gasteiger partial charge in [-0.15, -0.1) is 0 Å². The third-order valence-corrected chi connectivity index (χ3v) is 4.66. The van der Waals surface area contributed by atoms with Crippen LogP contribution in [0.25, 0.3) is 11.3 Å². The van der Waals surface area contributed by atoms with Crippen molar-refractivity contribution in [2.45, 2.75) is 25.6 Å². The van der Waals surface area contributed by atoms with Crippen LogP contribution in [0.3, 0.4) is 0 Å². The van der Waals surface area contributed by atoms with E-state index in [1.807, 2.05) is 42.2 Å². The highest BCUT2D eigenvalue weighted by atomic mass is 16.5. The molecule has 2 atom stereocenters. The molecule has 6 heteroatoms. The molecule has 25 heavy (non-hydrogen) atoms. The fourth-order valence-corrected chi connectivity index (χ4v) is 3.13. The summed E-state index contributed by atoms with van der Waals surface area (Å²) in [4.78, 5) is 2.30. The summed E-state index contributed by atoms with van der Waals surface area (Å²) in [6.45, 7) is 5.63. The molecular formula is C19H25N5O.